The SMILES string of the molecule is CCCNC(=O)CN=C(NCC)NCC(C)(O)c1ccccc1.I. The first-order valence-electron chi connectivity index (χ1n) is 8.06. The van der Waals surface area contributed by atoms with Crippen molar-refractivity contribution >= 4 is 35.8 Å². The zero-order valence-corrected chi connectivity index (χ0v) is 17.0. The fraction of sp³-hybridized carbons (Fsp3) is 0.529. The van der Waals surface area contributed by atoms with Crippen molar-refractivity contribution in [3.05, 3.63) is 35.9 Å². The zero-order valence-electron chi connectivity index (χ0n) is 14.6. The van der Waals surface area contributed by atoms with Crippen LogP contribution in [0, 0.1) is 0 Å². The van der Waals surface area contributed by atoms with Gasteiger partial charge in [0, 0.05) is 13.1 Å². The first kappa shape index (κ1) is 22.6. The normalized spacial score (nSPS) is 13.4. The van der Waals surface area contributed by atoms with Gasteiger partial charge in [-0.3, -0.25) is 4.79 Å². The number of hydrogen-bond acceptors (Lipinski definition) is 3. The van der Waals surface area contributed by atoms with Crippen LogP contribution >= 0.6 is 24.0 Å². The monoisotopic (exact) mass is 448 g/mol. The van der Waals surface area contributed by atoms with E-state index < -0.39 is 5.60 Å². The number of carbonyl (C=O) groups excluding carboxylic acids is 1. The van der Waals surface area contributed by atoms with Crippen LogP contribution in [-0.4, -0.2) is 43.2 Å². The number of hydrogen-bond donors (Lipinski definition) is 4. The van der Waals surface area contributed by atoms with Gasteiger partial charge in [0.05, 0.1) is 6.54 Å². The molecule has 0 aliphatic heterocycles. The number of aliphatic imine (C=N–C) groups is 1. The van der Waals surface area contributed by atoms with E-state index >= 15 is 0 Å². The third kappa shape index (κ3) is 8.49. The van der Waals surface area contributed by atoms with Crippen molar-refractivity contribution in [2.45, 2.75) is 32.8 Å². The molecule has 0 aromatic heterocycles. The zero-order chi connectivity index (χ0) is 17.1. The molecule has 6 nitrogen and oxygen atoms in total. The Bertz CT molecular complexity index is 507. The molecule has 4 N–H and O–H groups in total. The molecule has 0 spiro atoms. The molecular formula is C17H29IN4O2. The van der Waals surface area contributed by atoms with Crippen LogP contribution in [0.1, 0.15) is 32.8 Å². The third-order valence-electron chi connectivity index (χ3n) is 3.29. The van der Waals surface area contributed by atoms with Gasteiger partial charge in [-0.1, -0.05) is 37.3 Å². The highest BCUT2D eigenvalue weighted by atomic mass is 127. The summed E-state index contributed by atoms with van der Waals surface area (Å²) in [5, 5.41) is 19.5. The molecule has 0 aliphatic carbocycles. The van der Waals surface area contributed by atoms with E-state index in [1.807, 2.05) is 44.2 Å². The number of carbonyl (C=O) groups is 1. The van der Waals surface area contributed by atoms with E-state index in [0.29, 0.717) is 25.6 Å². The molecule has 1 atom stereocenters. The molecule has 0 saturated heterocycles. The van der Waals surface area contributed by atoms with Crippen molar-refractivity contribution in [2.75, 3.05) is 26.2 Å². The van der Waals surface area contributed by atoms with Crippen molar-refractivity contribution in [3.8, 4) is 0 Å². The summed E-state index contributed by atoms with van der Waals surface area (Å²) in [7, 11) is 0. The van der Waals surface area contributed by atoms with Gasteiger partial charge in [0.2, 0.25) is 5.91 Å². The summed E-state index contributed by atoms with van der Waals surface area (Å²) in [6, 6.07) is 9.45. The average molecular weight is 448 g/mol. The topological polar surface area (TPSA) is 85.8 Å². The van der Waals surface area contributed by atoms with Crippen molar-refractivity contribution in [3.63, 3.8) is 0 Å². The molecule has 7 heteroatoms. The average Bonchev–Trinajstić information content (AvgIpc) is 2.56. The van der Waals surface area contributed by atoms with E-state index in [2.05, 4.69) is 20.9 Å². The molecule has 0 bridgehead atoms. The molecule has 0 fully saturated rings. The number of nitrogens with zero attached hydrogens (tertiary/aromatic N) is 1. The third-order valence-corrected chi connectivity index (χ3v) is 3.29. The summed E-state index contributed by atoms with van der Waals surface area (Å²) in [6.07, 6.45) is 0.897. The predicted octanol–water partition coefficient (Wildman–Crippen LogP) is 1.59. The van der Waals surface area contributed by atoms with Crippen LogP contribution in [0.4, 0.5) is 0 Å². The lowest BCUT2D eigenvalue weighted by Gasteiger charge is -2.25. The smallest absolute Gasteiger partial charge is 0.241 e. The molecule has 24 heavy (non-hydrogen) atoms. The Balaban J connectivity index is 0.00000529. The van der Waals surface area contributed by atoms with Crippen LogP contribution in [0.15, 0.2) is 35.3 Å². The second kappa shape index (κ2) is 12.1. The Morgan fingerprint density at radius 3 is 2.42 bits per heavy atom. The predicted molar refractivity (Wildman–Crippen MR) is 109 cm³/mol. The van der Waals surface area contributed by atoms with E-state index in [-0.39, 0.29) is 36.4 Å². The second-order valence-electron chi connectivity index (χ2n) is 5.54. The summed E-state index contributed by atoms with van der Waals surface area (Å²) in [5.41, 5.74) is -0.203. The molecule has 0 radical (unpaired) electrons. The molecular weight excluding hydrogens is 419 g/mol. The van der Waals surface area contributed by atoms with Crippen LogP contribution in [0.5, 0.6) is 0 Å². The van der Waals surface area contributed by atoms with Crippen LogP contribution in [0.25, 0.3) is 0 Å². The number of nitrogens with one attached hydrogen (secondary N) is 3. The van der Waals surface area contributed by atoms with Crippen LogP contribution in [-0.2, 0) is 10.4 Å². The lowest BCUT2D eigenvalue weighted by atomic mass is 9.96. The van der Waals surface area contributed by atoms with Gasteiger partial charge >= 0.3 is 0 Å². The van der Waals surface area contributed by atoms with Gasteiger partial charge in [-0.25, -0.2) is 4.99 Å². The van der Waals surface area contributed by atoms with Gasteiger partial charge in [-0.2, -0.15) is 0 Å². The highest BCUT2D eigenvalue weighted by molar-refractivity contribution is 14.0. The molecule has 136 valence electrons. The Morgan fingerprint density at radius 2 is 1.83 bits per heavy atom. The Labute approximate surface area is 161 Å². The Morgan fingerprint density at radius 1 is 1.17 bits per heavy atom. The second-order valence-corrected chi connectivity index (χ2v) is 5.54. The first-order valence-corrected chi connectivity index (χ1v) is 8.06. The van der Waals surface area contributed by atoms with Gasteiger partial charge in [-0.05, 0) is 25.8 Å². The van der Waals surface area contributed by atoms with E-state index in [4.69, 9.17) is 0 Å². The number of amides is 1. The van der Waals surface area contributed by atoms with Gasteiger partial charge in [-0.15, -0.1) is 24.0 Å². The number of guanidine groups is 1. The van der Waals surface area contributed by atoms with E-state index in [1.165, 1.54) is 0 Å². The molecule has 0 aliphatic rings. The summed E-state index contributed by atoms with van der Waals surface area (Å²) >= 11 is 0. The number of rotatable bonds is 8. The van der Waals surface area contributed by atoms with Gasteiger partial charge in [0.25, 0.3) is 0 Å². The van der Waals surface area contributed by atoms with E-state index in [1.54, 1.807) is 6.92 Å². The molecule has 1 aromatic rings. The maximum absolute atomic E-state index is 11.6. The molecule has 0 saturated carbocycles. The molecule has 0 heterocycles. The summed E-state index contributed by atoms with van der Waals surface area (Å²) in [6.45, 7) is 7.37. The van der Waals surface area contributed by atoms with Gasteiger partial charge < -0.3 is 21.1 Å². The minimum atomic E-state index is -1.03. The highest BCUT2D eigenvalue weighted by Crippen LogP contribution is 2.18. The fourth-order valence-electron chi connectivity index (χ4n) is 1.97. The van der Waals surface area contributed by atoms with Crippen molar-refractivity contribution in [1.29, 1.82) is 0 Å². The van der Waals surface area contributed by atoms with Crippen molar-refractivity contribution in [1.82, 2.24) is 16.0 Å². The van der Waals surface area contributed by atoms with Crippen molar-refractivity contribution < 1.29 is 9.90 Å². The lowest BCUT2D eigenvalue weighted by molar-refractivity contribution is -0.119. The standard InChI is InChI=1S/C17H28N4O2.HI/c1-4-11-19-15(22)12-20-16(18-5-2)21-13-17(3,23)14-9-7-6-8-10-14;/h6-10,23H,4-5,11-13H2,1-3H3,(H,19,22)(H2,18,20,21);1H. The quantitative estimate of drug-likeness (QED) is 0.277. The number of halogens is 1. The molecule has 1 unspecified atom stereocenters. The molecule has 1 aromatic carbocycles. The minimum Gasteiger partial charge on any atom is -0.384 e. The first-order chi connectivity index (χ1) is 11.0. The van der Waals surface area contributed by atoms with Crippen LogP contribution in [0.3, 0.4) is 0 Å². The van der Waals surface area contributed by atoms with E-state index in [0.717, 1.165) is 12.0 Å². The maximum atomic E-state index is 11.6. The van der Waals surface area contributed by atoms with E-state index in [9.17, 15) is 9.90 Å². The Hall–Kier alpha value is -1.35. The minimum absolute atomic E-state index is 0. The highest BCUT2D eigenvalue weighted by Gasteiger charge is 2.22. The summed E-state index contributed by atoms with van der Waals surface area (Å²) in [4.78, 5) is 15.8. The Kier molecular flexibility index (Phi) is 11.4. The summed E-state index contributed by atoms with van der Waals surface area (Å²) < 4.78 is 0. The largest absolute Gasteiger partial charge is 0.384 e. The van der Waals surface area contributed by atoms with Crippen LogP contribution in [0.2, 0.25) is 0 Å². The molecule has 1 amide bonds. The van der Waals surface area contributed by atoms with Crippen LogP contribution < -0.4 is 16.0 Å². The molecule has 1 rings (SSSR count). The maximum Gasteiger partial charge on any atom is 0.241 e. The number of benzene rings is 1. The number of aliphatic hydroxyl groups is 1. The lowest BCUT2D eigenvalue weighted by Crippen LogP contribution is -2.45. The fourth-order valence-corrected chi connectivity index (χ4v) is 1.97. The summed E-state index contributed by atoms with van der Waals surface area (Å²) in [5.74, 6) is 0.397. The van der Waals surface area contributed by atoms with Gasteiger partial charge in [0.15, 0.2) is 5.96 Å². The van der Waals surface area contributed by atoms with Crippen molar-refractivity contribution in [2.24, 2.45) is 4.99 Å². The van der Waals surface area contributed by atoms with Gasteiger partial charge in [0.1, 0.15) is 12.1 Å².